The highest BCUT2D eigenvalue weighted by atomic mass is 35.5. The molecule has 0 aromatic carbocycles. The maximum atomic E-state index is 5.74. The van der Waals surface area contributed by atoms with Gasteiger partial charge in [0.05, 0.1) is 5.02 Å². The maximum absolute atomic E-state index is 5.74. The molecule has 2 heterocycles. The van der Waals surface area contributed by atoms with Gasteiger partial charge in [-0.25, -0.2) is 4.98 Å². The number of hydrogen-bond acceptors (Lipinski definition) is 1. The zero-order valence-corrected chi connectivity index (χ0v) is 6.97. The van der Waals surface area contributed by atoms with Crippen LogP contribution < -0.4 is 0 Å². The van der Waals surface area contributed by atoms with Gasteiger partial charge in [-0.15, -0.1) is 0 Å². The highest BCUT2D eigenvalue weighted by Crippen LogP contribution is 2.13. The second-order valence-corrected chi connectivity index (χ2v) is 3.00. The Hall–Kier alpha value is -0.730. The number of aromatic nitrogens is 2. The minimum atomic E-state index is 0.479. The van der Waals surface area contributed by atoms with Crippen molar-refractivity contribution < 1.29 is 0 Å². The van der Waals surface area contributed by atoms with Crippen LogP contribution in [0.3, 0.4) is 0 Å². The van der Waals surface area contributed by atoms with E-state index in [-0.39, 0.29) is 0 Å². The fourth-order valence-corrected chi connectivity index (χ4v) is 1.29. The van der Waals surface area contributed by atoms with Crippen LogP contribution in [-0.4, -0.2) is 9.38 Å². The van der Waals surface area contributed by atoms with Crippen molar-refractivity contribution in [1.82, 2.24) is 9.38 Å². The van der Waals surface area contributed by atoms with Crippen LogP contribution in [0.2, 0.25) is 10.2 Å². The average Bonchev–Trinajstić information content (AvgIpc) is 2.27. The highest BCUT2D eigenvalue weighted by Gasteiger charge is 1.97. The topological polar surface area (TPSA) is 17.3 Å². The molecular formula is C7H4Cl2N2. The second-order valence-electron chi connectivity index (χ2n) is 2.18. The molecule has 2 aromatic heterocycles. The van der Waals surface area contributed by atoms with E-state index in [9.17, 15) is 0 Å². The van der Waals surface area contributed by atoms with Crippen LogP contribution in [0.4, 0.5) is 0 Å². The third-order valence-electron chi connectivity index (χ3n) is 1.39. The molecule has 0 amide bonds. The lowest BCUT2D eigenvalue weighted by atomic mass is 10.5. The van der Waals surface area contributed by atoms with Gasteiger partial charge in [0.15, 0.2) is 0 Å². The van der Waals surface area contributed by atoms with Crippen molar-refractivity contribution in [1.29, 1.82) is 0 Å². The molecule has 0 aliphatic heterocycles. The monoisotopic (exact) mass is 186 g/mol. The Morgan fingerprint density at radius 3 is 2.82 bits per heavy atom. The van der Waals surface area contributed by atoms with Gasteiger partial charge in [-0.05, 0) is 12.1 Å². The quantitative estimate of drug-likeness (QED) is 0.619. The summed E-state index contributed by atoms with van der Waals surface area (Å²) in [6.07, 6.45) is 3.47. The molecule has 0 aliphatic rings. The molecule has 0 bridgehead atoms. The summed E-state index contributed by atoms with van der Waals surface area (Å²) in [5, 5.41) is 1.15. The van der Waals surface area contributed by atoms with Crippen LogP contribution in [0.15, 0.2) is 24.5 Å². The Balaban J connectivity index is 2.82. The lowest BCUT2D eigenvalue weighted by Crippen LogP contribution is -1.79. The van der Waals surface area contributed by atoms with Gasteiger partial charge in [0.2, 0.25) is 0 Å². The number of imidazole rings is 1. The molecule has 0 fully saturated rings. The summed E-state index contributed by atoms with van der Waals surface area (Å²) >= 11 is 11.4. The van der Waals surface area contributed by atoms with Crippen LogP contribution in [-0.2, 0) is 0 Å². The van der Waals surface area contributed by atoms with Gasteiger partial charge in [0, 0.05) is 12.4 Å². The molecule has 4 heteroatoms. The van der Waals surface area contributed by atoms with Crippen molar-refractivity contribution in [2.24, 2.45) is 0 Å². The summed E-state index contributed by atoms with van der Waals surface area (Å²) in [6.45, 7) is 0. The van der Waals surface area contributed by atoms with E-state index < -0.39 is 0 Å². The fraction of sp³-hybridized carbons (Fsp3) is 0. The Kier molecular flexibility index (Phi) is 1.51. The van der Waals surface area contributed by atoms with Crippen LogP contribution in [0.1, 0.15) is 0 Å². The molecule has 0 radical (unpaired) electrons. The normalized spacial score (nSPS) is 10.7. The molecule has 11 heavy (non-hydrogen) atoms. The molecule has 0 unspecified atom stereocenters. The van der Waals surface area contributed by atoms with E-state index in [0.717, 1.165) is 5.65 Å². The zero-order valence-electron chi connectivity index (χ0n) is 5.46. The predicted molar refractivity (Wildman–Crippen MR) is 45.2 cm³/mol. The molecule has 0 N–H and O–H groups in total. The van der Waals surface area contributed by atoms with Crippen LogP contribution >= 0.6 is 23.2 Å². The number of rotatable bonds is 0. The SMILES string of the molecule is Clc1ccc2nc(Cl)cn2c1. The van der Waals surface area contributed by atoms with Gasteiger partial charge in [0.1, 0.15) is 10.8 Å². The van der Waals surface area contributed by atoms with Crippen molar-refractivity contribution in [3.8, 4) is 0 Å². The smallest absolute Gasteiger partial charge is 0.148 e. The van der Waals surface area contributed by atoms with E-state index in [2.05, 4.69) is 4.98 Å². The first-order valence-corrected chi connectivity index (χ1v) is 3.81. The van der Waals surface area contributed by atoms with Gasteiger partial charge < -0.3 is 4.40 Å². The average molecular weight is 187 g/mol. The van der Waals surface area contributed by atoms with Crippen molar-refractivity contribution in [2.45, 2.75) is 0 Å². The largest absolute Gasteiger partial charge is 0.304 e. The molecule has 56 valence electrons. The molecule has 2 rings (SSSR count). The number of halogens is 2. The van der Waals surface area contributed by atoms with E-state index in [1.165, 1.54) is 0 Å². The van der Waals surface area contributed by atoms with Gasteiger partial charge in [-0.3, -0.25) is 0 Å². The Morgan fingerprint density at radius 1 is 1.18 bits per heavy atom. The zero-order chi connectivity index (χ0) is 7.84. The van der Waals surface area contributed by atoms with E-state index in [1.54, 1.807) is 22.9 Å². The summed E-state index contributed by atoms with van der Waals surface area (Å²) in [5.74, 6) is 0. The van der Waals surface area contributed by atoms with Crippen LogP contribution in [0.5, 0.6) is 0 Å². The minimum absolute atomic E-state index is 0.479. The first-order valence-electron chi connectivity index (χ1n) is 3.05. The molecule has 0 saturated heterocycles. The predicted octanol–water partition coefficient (Wildman–Crippen LogP) is 2.64. The third kappa shape index (κ3) is 1.19. The van der Waals surface area contributed by atoms with Crippen molar-refractivity contribution in [2.75, 3.05) is 0 Å². The van der Waals surface area contributed by atoms with E-state index in [0.29, 0.717) is 10.2 Å². The summed E-state index contributed by atoms with van der Waals surface area (Å²) in [4.78, 5) is 4.02. The summed E-state index contributed by atoms with van der Waals surface area (Å²) < 4.78 is 1.78. The molecule has 2 nitrogen and oxygen atoms in total. The Morgan fingerprint density at radius 2 is 2.00 bits per heavy atom. The maximum Gasteiger partial charge on any atom is 0.148 e. The lowest BCUT2D eigenvalue weighted by molar-refractivity contribution is 1.19. The van der Waals surface area contributed by atoms with E-state index in [4.69, 9.17) is 23.2 Å². The third-order valence-corrected chi connectivity index (χ3v) is 1.79. The lowest BCUT2D eigenvalue weighted by Gasteiger charge is -1.91. The summed E-state index contributed by atoms with van der Waals surface area (Å²) in [7, 11) is 0. The molecule has 0 saturated carbocycles. The van der Waals surface area contributed by atoms with Gasteiger partial charge in [-0.2, -0.15) is 0 Å². The Bertz CT molecular complexity index is 394. The Labute approximate surface area is 73.4 Å². The van der Waals surface area contributed by atoms with Crippen LogP contribution in [0.25, 0.3) is 5.65 Å². The minimum Gasteiger partial charge on any atom is -0.304 e. The summed E-state index contributed by atoms with van der Waals surface area (Å²) in [5.41, 5.74) is 0.805. The summed E-state index contributed by atoms with van der Waals surface area (Å²) in [6, 6.07) is 3.59. The molecular weight excluding hydrogens is 183 g/mol. The second kappa shape index (κ2) is 2.40. The van der Waals surface area contributed by atoms with Crippen LogP contribution in [0, 0.1) is 0 Å². The number of pyridine rings is 1. The van der Waals surface area contributed by atoms with Gasteiger partial charge >= 0.3 is 0 Å². The standard InChI is InChI=1S/C7H4Cl2N2/c8-5-1-2-7-10-6(9)4-11(7)3-5/h1-4H. The van der Waals surface area contributed by atoms with Crippen molar-refractivity contribution in [3.63, 3.8) is 0 Å². The molecule has 0 atom stereocenters. The highest BCUT2D eigenvalue weighted by molar-refractivity contribution is 6.30. The first kappa shape index (κ1) is 6.95. The number of hydrogen-bond donors (Lipinski definition) is 0. The number of nitrogens with zero attached hydrogens (tertiary/aromatic N) is 2. The van der Waals surface area contributed by atoms with E-state index in [1.807, 2.05) is 6.07 Å². The number of fused-ring (bicyclic) bond motifs is 1. The van der Waals surface area contributed by atoms with E-state index >= 15 is 0 Å². The van der Waals surface area contributed by atoms with Crippen molar-refractivity contribution in [3.05, 3.63) is 34.7 Å². The first-order chi connectivity index (χ1) is 5.25. The molecule has 0 spiro atoms. The molecule has 0 aliphatic carbocycles. The fourth-order valence-electron chi connectivity index (χ4n) is 0.934. The van der Waals surface area contributed by atoms with Gasteiger partial charge in [-0.1, -0.05) is 23.2 Å². The molecule has 2 aromatic rings. The van der Waals surface area contributed by atoms with Gasteiger partial charge in [0.25, 0.3) is 0 Å². The van der Waals surface area contributed by atoms with Crippen molar-refractivity contribution >= 4 is 28.8 Å².